The van der Waals surface area contributed by atoms with Gasteiger partial charge in [-0.05, 0) is 49.8 Å². The Morgan fingerprint density at radius 2 is 1.90 bits per heavy atom. The van der Waals surface area contributed by atoms with E-state index in [-0.39, 0.29) is 5.69 Å². The second kappa shape index (κ2) is 7.35. The lowest BCUT2D eigenvalue weighted by molar-refractivity contribution is 0.402. The number of aromatic amines is 1. The van der Waals surface area contributed by atoms with Gasteiger partial charge in [-0.15, -0.1) is 0 Å². The van der Waals surface area contributed by atoms with E-state index in [2.05, 4.69) is 50.2 Å². The summed E-state index contributed by atoms with van der Waals surface area (Å²) in [6.45, 7) is 4.60. The molecular weight excluding hydrogens is 362 g/mol. The van der Waals surface area contributed by atoms with Crippen molar-refractivity contribution in [3.63, 3.8) is 0 Å². The van der Waals surface area contributed by atoms with Crippen LogP contribution < -0.4 is 10.6 Å². The lowest BCUT2D eigenvalue weighted by Gasteiger charge is -2.33. The van der Waals surface area contributed by atoms with E-state index in [1.54, 1.807) is 10.9 Å². The Hall–Kier alpha value is -3.15. The smallest absolute Gasteiger partial charge is 0.326 e. The highest BCUT2D eigenvalue weighted by molar-refractivity contribution is 5.98. The first kappa shape index (κ1) is 17.9. The molecule has 0 saturated carbocycles. The molecule has 6 heteroatoms. The molecule has 0 radical (unpaired) electrons. The minimum atomic E-state index is -0.0750. The first-order valence-corrected chi connectivity index (χ1v) is 10.4. The molecule has 148 valence electrons. The highest BCUT2D eigenvalue weighted by Crippen LogP contribution is 2.30. The fourth-order valence-electron chi connectivity index (χ4n) is 4.56. The number of H-pyrrole nitrogens is 1. The van der Waals surface area contributed by atoms with Gasteiger partial charge in [0.1, 0.15) is 12.1 Å². The molecule has 1 saturated heterocycles. The average molecular weight is 387 g/mol. The molecule has 1 aliphatic heterocycles. The van der Waals surface area contributed by atoms with Gasteiger partial charge in [0, 0.05) is 25.0 Å². The molecule has 1 fully saturated rings. The van der Waals surface area contributed by atoms with Crippen LogP contribution in [0.1, 0.15) is 25.3 Å². The van der Waals surface area contributed by atoms with Crippen molar-refractivity contribution in [1.82, 2.24) is 19.5 Å². The maximum Gasteiger partial charge on any atom is 0.326 e. The number of fused-ring (bicyclic) bond motifs is 2. The summed E-state index contributed by atoms with van der Waals surface area (Å²) in [5.41, 5.74) is 3.98. The van der Waals surface area contributed by atoms with Crippen LogP contribution in [0.2, 0.25) is 0 Å². The van der Waals surface area contributed by atoms with E-state index in [0.717, 1.165) is 60.1 Å². The Bertz CT molecular complexity index is 1200. The molecule has 0 unspecified atom stereocenters. The fraction of sp³-hybridized carbons (Fsp3) is 0.348. The summed E-state index contributed by atoms with van der Waals surface area (Å²) < 4.78 is 1.74. The van der Waals surface area contributed by atoms with Gasteiger partial charge in [-0.3, -0.25) is 4.57 Å². The number of nitrogens with one attached hydrogen (secondary N) is 1. The van der Waals surface area contributed by atoms with Crippen molar-refractivity contribution in [3.8, 4) is 0 Å². The standard InChI is InChI=1S/C23H25N5O/c1-2-28-21-14-19-18(13-20(21)26-23(28)29)22(25-15-24-19)27-10-8-17(9-11-27)12-16-6-4-3-5-7-16/h3-7,13-15,17H,2,8-12H2,1H3,(H,26,29). The van der Waals surface area contributed by atoms with Crippen molar-refractivity contribution in [3.05, 3.63) is 64.8 Å². The van der Waals surface area contributed by atoms with Crippen LogP contribution >= 0.6 is 0 Å². The molecule has 1 aliphatic rings. The van der Waals surface area contributed by atoms with Crippen molar-refractivity contribution in [2.75, 3.05) is 18.0 Å². The molecule has 6 nitrogen and oxygen atoms in total. The number of hydrogen-bond donors (Lipinski definition) is 1. The van der Waals surface area contributed by atoms with Crippen LogP contribution in [-0.2, 0) is 13.0 Å². The first-order valence-electron chi connectivity index (χ1n) is 10.4. The maximum atomic E-state index is 12.2. The molecule has 0 atom stereocenters. The quantitative estimate of drug-likeness (QED) is 0.579. The number of anilines is 1. The van der Waals surface area contributed by atoms with Gasteiger partial charge in [-0.2, -0.15) is 0 Å². The number of aryl methyl sites for hydroxylation is 1. The third kappa shape index (κ3) is 3.28. The Kier molecular flexibility index (Phi) is 4.54. The van der Waals surface area contributed by atoms with Gasteiger partial charge in [0.2, 0.25) is 0 Å². The van der Waals surface area contributed by atoms with Crippen LogP contribution in [-0.4, -0.2) is 32.6 Å². The third-order valence-corrected chi connectivity index (χ3v) is 6.11. The monoisotopic (exact) mass is 387 g/mol. The average Bonchev–Trinajstić information content (AvgIpc) is 3.07. The molecule has 2 aromatic heterocycles. The van der Waals surface area contributed by atoms with Crippen molar-refractivity contribution in [2.24, 2.45) is 5.92 Å². The maximum absolute atomic E-state index is 12.2. The van der Waals surface area contributed by atoms with Gasteiger partial charge in [-0.25, -0.2) is 14.8 Å². The summed E-state index contributed by atoms with van der Waals surface area (Å²) in [7, 11) is 0. The van der Waals surface area contributed by atoms with Gasteiger partial charge in [-0.1, -0.05) is 30.3 Å². The van der Waals surface area contributed by atoms with Gasteiger partial charge in [0.05, 0.1) is 16.6 Å². The summed E-state index contributed by atoms with van der Waals surface area (Å²) >= 11 is 0. The minimum absolute atomic E-state index is 0.0750. The van der Waals surface area contributed by atoms with Crippen LogP contribution in [0.3, 0.4) is 0 Å². The van der Waals surface area contributed by atoms with Crippen LogP contribution in [0.15, 0.2) is 53.6 Å². The van der Waals surface area contributed by atoms with E-state index in [1.165, 1.54) is 5.56 Å². The minimum Gasteiger partial charge on any atom is -0.356 e. The molecule has 3 heterocycles. The van der Waals surface area contributed by atoms with Gasteiger partial charge in [0.15, 0.2) is 0 Å². The number of nitrogens with zero attached hydrogens (tertiary/aromatic N) is 4. The van der Waals surface area contributed by atoms with E-state index in [0.29, 0.717) is 12.5 Å². The molecule has 0 bridgehead atoms. The Morgan fingerprint density at radius 1 is 1.10 bits per heavy atom. The topological polar surface area (TPSA) is 66.8 Å². The molecule has 1 N–H and O–H groups in total. The lowest BCUT2D eigenvalue weighted by Crippen LogP contribution is -2.35. The van der Waals surface area contributed by atoms with Crippen molar-refractivity contribution in [2.45, 2.75) is 32.7 Å². The molecule has 29 heavy (non-hydrogen) atoms. The van der Waals surface area contributed by atoms with E-state index >= 15 is 0 Å². The van der Waals surface area contributed by atoms with Crippen LogP contribution in [0.5, 0.6) is 0 Å². The lowest BCUT2D eigenvalue weighted by atomic mass is 9.90. The number of imidazole rings is 1. The SMILES string of the molecule is CCn1c(=O)[nH]c2cc3c(N4CCC(Cc5ccccc5)CC4)ncnc3cc21. The third-order valence-electron chi connectivity index (χ3n) is 6.11. The fourth-order valence-corrected chi connectivity index (χ4v) is 4.56. The van der Waals surface area contributed by atoms with Crippen molar-refractivity contribution in [1.29, 1.82) is 0 Å². The molecule has 0 spiro atoms. The van der Waals surface area contributed by atoms with E-state index in [4.69, 9.17) is 0 Å². The molecular formula is C23H25N5O. The molecule has 2 aromatic carbocycles. The molecule has 0 amide bonds. The number of hydrogen-bond acceptors (Lipinski definition) is 4. The van der Waals surface area contributed by atoms with Crippen LogP contribution in [0.25, 0.3) is 21.9 Å². The van der Waals surface area contributed by atoms with E-state index in [9.17, 15) is 4.79 Å². The van der Waals surface area contributed by atoms with Gasteiger partial charge >= 0.3 is 5.69 Å². The van der Waals surface area contributed by atoms with Crippen LogP contribution in [0.4, 0.5) is 5.82 Å². The number of rotatable bonds is 4. The molecule has 4 aromatic rings. The summed E-state index contributed by atoms with van der Waals surface area (Å²) in [6.07, 6.45) is 5.10. The zero-order valence-corrected chi connectivity index (χ0v) is 16.6. The molecule has 5 rings (SSSR count). The highest BCUT2D eigenvalue weighted by Gasteiger charge is 2.22. The summed E-state index contributed by atoms with van der Waals surface area (Å²) in [5, 5.41) is 1.01. The largest absolute Gasteiger partial charge is 0.356 e. The number of aromatic nitrogens is 4. The summed E-state index contributed by atoms with van der Waals surface area (Å²) in [4.78, 5) is 26.6. The van der Waals surface area contributed by atoms with Gasteiger partial charge < -0.3 is 9.88 Å². The van der Waals surface area contributed by atoms with Gasteiger partial charge in [0.25, 0.3) is 0 Å². The summed E-state index contributed by atoms with van der Waals surface area (Å²) in [5.74, 6) is 1.68. The number of benzene rings is 2. The summed E-state index contributed by atoms with van der Waals surface area (Å²) in [6, 6.07) is 14.8. The normalized spacial score (nSPS) is 15.4. The van der Waals surface area contributed by atoms with E-state index < -0.39 is 0 Å². The predicted molar refractivity (Wildman–Crippen MR) is 116 cm³/mol. The van der Waals surface area contributed by atoms with Crippen molar-refractivity contribution < 1.29 is 0 Å². The second-order valence-corrected chi connectivity index (χ2v) is 7.88. The van der Waals surface area contributed by atoms with E-state index in [1.807, 2.05) is 19.1 Å². The zero-order chi connectivity index (χ0) is 19.8. The predicted octanol–water partition coefficient (Wildman–Crippen LogP) is 3.75. The Morgan fingerprint density at radius 3 is 2.66 bits per heavy atom. The second-order valence-electron chi connectivity index (χ2n) is 7.88. The molecule has 0 aliphatic carbocycles. The first-order chi connectivity index (χ1) is 14.2. The Balaban J connectivity index is 1.42. The Labute approximate surface area is 169 Å². The van der Waals surface area contributed by atoms with Crippen LogP contribution in [0, 0.1) is 5.92 Å². The highest BCUT2D eigenvalue weighted by atomic mass is 16.1. The number of piperidine rings is 1. The zero-order valence-electron chi connectivity index (χ0n) is 16.6. The van der Waals surface area contributed by atoms with Crippen molar-refractivity contribution >= 4 is 27.8 Å².